The number of nitrogens with one attached hydrogen (secondary N) is 1. The van der Waals surface area contributed by atoms with Gasteiger partial charge < -0.3 is 15.0 Å². The number of hydrogen-bond acceptors (Lipinski definition) is 4. The maximum absolute atomic E-state index is 13.1. The molecule has 2 aromatic rings. The zero-order valence-corrected chi connectivity index (χ0v) is 16.9. The van der Waals surface area contributed by atoms with Crippen molar-refractivity contribution in [1.29, 1.82) is 0 Å². The molecule has 1 amide bonds. The molecule has 2 heterocycles. The van der Waals surface area contributed by atoms with Crippen molar-refractivity contribution in [2.24, 2.45) is 0 Å². The number of ether oxygens (including phenoxy) is 1. The molecule has 1 unspecified atom stereocenters. The summed E-state index contributed by atoms with van der Waals surface area (Å²) >= 11 is 0. The van der Waals surface area contributed by atoms with Gasteiger partial charge in [0.15, 0.2) is 0 Å². The largest absolute Gasteiger partial charge is 0.435 e. The molecule has 1 N–H and O–H groups in total. The summed E-state index contributed by atoms with van der Waals surface area (Å²) in [5.41, 5.74) is 1.62. The minimum atomic E-state index is -2.86. The molecule has 1 saturated heterocycles. The molecule has 1 atom stereocenters. The van der Waals surface area contributed by atoms with Crippen molar-refractivity contribution in [2.45, 2.75) is 44.9 Å². The monoisotopic (exact) mass is 425 g/mol. The fraction of sp³-hybridized carbons (Fsp3) is 0.429. The number of aromatic nitrogens is 1. The van der Waals surface area contributed by atoms with Gasteiger partial charge >= 0.3 is 6.61 Å². The molecule has 158 valence electrons. The second kappa shape index (κ2) is 11.7. The first-order valence-electron chi connectivity index (χ1n) is 9.55. The molecule has 1 fully saturated rings. The van der Waals surface area contributed by atoms with Crippen LogP contribution in [-0.2, 0) is 17.8 Å². The third kappa shape index (κ3) is 7.25. The lowest BCUT2D eigenvalue weighted by Crippen LogP contribution is -2.41. The smallest absolute Gasteiger partial charge is 0.387 e. The first-order chi connectivity index (χ1) is 13.6. The van der Waals surface area contributed by atoms with Crippen molar-refractivity contribution in [3.05, 3.63) is 59.9 Å². The summed E-state index contributed by atoms with van der Waals surface area (Å²) in [6.45, 7) is -0.536. The number of halogens is 3. The van der Waals surface area contributed by atoms with Crippen LogP contribution in [0.5, 0.6) is 5.75 Å². The Balaban J connectivity index is 0.00000300. The molecule has 0 radical (unpaired) electrons. The van der Waals surface area contributed by atoms with E-state index in [1.165, 1.54) is 12.1 Å². The molecule has 0 saturated carbocycles. The van der Waals surface area contributed by atoms with Gasteiger partial charge in [-0.1, -0.05) is 18.2 Å². The number of benzene rings is 1. The van der Waals surface area contributed by atoms with Crippen molar-refractivity contribution >= 4 is 18.3 Å². The Labute approximate surface area is 175 Å². The second-order valence-corrected chi connectivity index (χ2v) is 6.88. The van der Waals surface area contributed by atoms with Gasteiger partial charge in [0.1, 0.15) is 5.75 Å². The van der Waals surface area contributed by atoms with Crippen LogP contribution < -0.4 is 10.1 Å². The van der Waals surface area contributed by atoms with Gasteiger partial charge in [0.25, 0.3) is 0 Å². The van der Waals surface area contributed by atoms with E-state index in [4.69, 9.17) is 0 Å². The highest BCUT2D eigenvalue weighted by molar-refractivity contribution is 5.85. The average Bonchev–Trinajstić information content (AvgIpc) is 2.97. The Bertz CT molecular complexity index is 739. The summed E-state index contributed by atoms with van der Waals surface area (Å²) in [7, 11) is 0. The van der Waals surface area contributed by atoms with Crippen LogP contribution in [0.4, 0.5) is 8.78 Å². The number of pyridine rings is 1. The van der Waals surface area contributed by atoms with E-state index >= 15 is 0 Å². The number of carbonyl (C=O) groups excluding carboxylic acids is 1. The SMILES string of the molecule is Cl.O=C(Cc1ccc(OC(F)F)cc1)N(Cc1ccccn1)C1CCCNCC1. The van der Waals surface area contributed by atoms with Crippen molar-refractivity contribution in [2.75, 3.05) is 13.1 Å². The molecule has 5 nitrogen and oxygen atoms in total. The van der Waals surface area contributed by atoms with E-state index < -0.39 is 6.61 Å². The first kappa shape index (κ1) is 23.0. The van der Waals surface area contributed by atoms with Crippen molar-refractivity contribution in [3.63, 3.8) is 0 Å². The molecular formula is C21H26ClF2N3O2. The molecule has 1 aromatic heterocycles. The number of carbonyl (C=O) groups is 1. The average molecular weight is 426 g/mol. The quantitative estimate of drug-likeness (QED) is 0.732. The van der Waals surface area contributed by atoms with Crippen LogP contribution in [0.1, 0.15) is 30.5 Å². The molecule has 1 aliphatic rings. The third-order valence-electron chi connectivity index (χ3n) is 4.87. The van der Waals surface area contributed by atoms with E-state index in [2.05, 4.69) is 15.0 Å². The molecule has 1 aliphatic heterocycles. The van der Waals surface area contributed by atoms with Crippen LogP contribution in [-0.4, -0.2) is 41.5 Å². The van der Waals surface area contributed by atoms with Crippen LogP contribution >= 0.6 is 12.4 Å². The highest BCUT2D eigenvalue weighted by Gasteiger charge is 2.25. The maximum atomic E-state index is 13.1. The van der Waals surface area contributed by atoms with Gasteiger partial charge in [-0.3, -0.25) is 9.78 Å². The second-order valence-electron chi connectivity index (χ2n) is 6.88. The normalized spacial score (nSPS) is 16.6. The zero-order valence-electron chi connectivity index (χ0n) is 16.1. The first-order valence-corrected chi connectivity index (χ1v) is 9.55. The van der Waals surface area contributed by atoms with Gasteiger partial charge in [-0.2, -0.15) is 8.78 Å². The predicted molar refractivity (Wildman–Crippen MR) is 109 cm³/mol. The number of alkyl halides is 2. The Hall–Kier alpha value is -2.25. The summed E-state index contributed by atoms with van der Waals surface area (Å²) in [4.78, 5) is 19.4. The van der Waals surface area contributed by atoms with Crippen LogP contribution in [0, 0.1) is 0 Å². The van der Waals surface area contributed by atoms with Crippen molar-refractivity contribution in [1.82, 2.24) is 15.2 Å². The highest BCUT2D eigenvalue weighted by Crippen LogP contribution is 2.20. The van der Waals surface area contributed by atoms with E-state index in [-0.39, 0.29) is 36.5 Å². The fourth-order valence-corrected chi connectivity index (χ4v) is 3.46. The molecule has 0 bridgehead atoms. The highest BCUT2D eigenvalue weighted by atomic mass is 35.5. The van der Waals surface area contributed by atoms with Crippen LogP contribution in [0.2, 0.25) is 0 Å². The van der Waals surface area contributed by atoms with Crippen LogP contribution in [0.15, 0.2) is 48.7 Å². The molecule has 1 aromatic carbocycles. The van der Waals surface area contributed by atoms with Gasteiger partial charge in [0.05, 0.1) is 18.7 Å². The number of hydrogen-bond donors (Lipinski definition) is 1. The summed E-state index contributed by atoms with van der Waals surface area (Å²) in [5.74, 6) is 0.103. The van der Waals surface area contributed by atoms with E-state index in [0.717, 1.165) is 43.6 Å². The minimum Gasteiger partial charge on any atom is -0.435 e. The summed E-state index contributed by atoms with van der Waals surface area (Å²) < 4.78 is 28.9. The number of nitrogens with zero attached hydrogens (tertiary/aromatic N) is 2. The van der Waals surface area contributed by atoms with E-state index in [1.54, 1.807) is 18.3 Å². The van der Waals surface area contributed by atoms with Crippen LogP contribution in [0.3, 0.4) is 0 Å². The topological polar surface area (TPSA) is 54.5 Å². The molecule has 0 aliphatic carbocycles. The van der Waals surface area contributed by atoms with Gasteiger partial charge in [-0.05, 0) is 62.2 Å². The Morgan fingerprint density at radius 2 is 1.97 bits per heavy atom. The molecule has 8 heteroatoms. The van der Waals surface area contributed by atoms with E-state index in [9.17, 15) is 13.6 Å². The Kier molecular flexibility index (Phi) is 9.28. The van der Waals surface area contributed by atoms with Gasteiger partial charge in [0, 0.05) is 12.2 Å². The standard InChI is InChI=1S/C21H25F2N3O2.ClH/c22-21(23)28-19-8-6-16(7-9-19)14-20(27)26(15-17-4-1-2-12-25-17)18-5-3-11-24-13-10-18;/h1-2,4,6-9,12,18,21,24H,3,5,10-11,13-15H2;1H. The third-order valence-corrected chi connectivity index (χ3v) is 4.87. The predicted octanol–water partition coefficient (Wildman–Crippen LogP) is 3.82. The number of rotatable bonds is 7. The van der Waals surface area contributed by atoms with E-state index in [1.807, 2.05) is 23.1 Å². The zero-order chi connectivity index (χ0) is 19.8. The molecule has 0 spiro atoms. The van der Waals surface area contributed by atoms with E-state index in [0.29, 0.717) is 6.54 Å². The van der Waals surface area contributed by atoms with Crippen LogP contribution in [0.25, 0.3) is 0 Å². The Morgan fingerprint density at radius 3 is 2.66 bits per heavy atom. The van der Waals surface area contributed by atoms with Crippen molar-refractivity contribution < 1.29 is 18.3 Å². The maximum Gasteiger partial charge on any atom is 0.387 e. The number of amides is 1. The van der Waals surface area contributed by atoms with Gasteiger partial charge in [0.2, 0.25) is 5.91 Å². The lowest BCUT2D eigenvalue weighted by molar-refractivity contribution is -0.133. The lowest BCUT2D eigenvalue weighted by Gasteiger charge is -2.31. The van der Waals surface area contributed by atoms with Gasteiger partial charge in [-0.25, -0.2) is 0 Å². The molecule has 29 heavy (non-hydrogen) atoms. The lowest BCUT2D eigenvalue weighted by atomic mass is 10.0. The minimum absolute atomic E-state index is 0. The van der Waals surface area contributed by atoms with Gasteiger partial charge in [-0.15, -0.1) is 12.4 Å². The summed E-state index contributed by atoms with van der Waals surface area (Å²) in [6, 6.07) is 12.1. The summed E-state index contributed by atoms with van der Waals surface area (Å²) in [5, 5.41) is 3.38. The molecular weight excluding hydrogens is 400 g/mol. The van der Waals surface area contributed by atoms with Crippen molar-refractivity contribution in [3.8, 4) is 5.75 Å². The summed E-state index contributed by atoms with van der Waals surface area (Å²) in [6.07, 6.45) is 4.82. The fourth-order valence-electron chi connectivity index (χ4n) is 3.46. The molecule has 3 rings (SSSR count). The Morgan fingerprint density at radius 1 is 1.17 bits per heavy atom.